The summed E-state index contributed by atoms with van der Waals surface area (Å²) in [5.41, 5.74) is -0.687. The van der Waals surface area contributed by atoms with E-state index in [0.29, 0.717) is 21.4 Å². The number of benzene rings is 2. The molecule has 0 radical (unpaired) electrons. The summed E-state index contributed by atoms with van der Waals surface area (Å²) in [5.74, 6) is -0.617. The van der Waals surface area contributed by atoms with Crippen molar-refractivity contribution in [1.29, 1.82) is 0 Å². The lowest BCUT2D eigenvalue weighted by Gasteiger charge is -2.22. The molecule has 1 atom stereocenters. The molecule has 1 saturated heterocycles. The summed E-state index contributed by atoms with van der Waals surface area (Å²) in [6.07, 6.45) is 0. The normalized spacial score (nSPS) is 18.1. The molecule has 1 heterocycles. The van der Waals surface area contributed by atoms with Crippen molar-refractivity contribution in [3.63, 3.8) is 0 Å². The van der Waals surface area contributed by atoms with E-state index in [9.17, 15) is 14.4 Å². The minimum absolute atomic E-state index is 0.238. The third-order valence-electron chi connectivity index (χ3n) is 4.82. The maximum absolute atomic E-state index is 13.0. The van der Waals surface area contributed by atoms with Crippen molar-refractivity contribution in [3.05, 3.63) is 51.0 Å². The van der Waals surface area contributed by atoms with Gasteiger partial charge in [0.2, 0.25) is 5.91 Å². The molecule has 1 fully saturated rings. The Bertz CT molecular complexity index is 1080. The van der Waals surface area contributed by atoms with Gasteiger partial charge < -0.3 is 20.1 Å². The van der Waals surface area contributed by atoms with Gasteiger partial charge >= 0.3 is 6.03 Å². The second-order valence-corrected chi connectivity index (χ2v) is 8.03. The molecule has 0 spiro atoms. The number of anilines is 1. The van der Waals surface area contributed by atoms with E-state index in [-0.39, 0.29) is 16.5 Å². The number of nitrogens with one attached hydrogen (secondary N) is 2. The molecule has 2 aromatic carbocycles. The SMILES string of the molecule is COc1cc(NC(=O)CN2C(=O)NC(C)(c3ccc(Cl)c(Cl)c3)C2=O)c(OC)cc1Cl. The Kier molecular flexibility index (Phi) is 6.54. The van der Waals surface area contributed by atoms with Crippen LogP contribution in [0.25, 0.3) is 0 Å². The van der Waals surface area contributed by atoms with E-state index in [1.165, 1.54) is 45.4 Å². The second kappa shape index (κ2) is 8.82. The number of imide groups is 1. The van der Waals surface area contributed by atoms with Gasteiger partial charge in [0.1, 0.15) is 23.6 Å². The number of hydrogen-bond acceptors (Lipinski definition) is 5. The quantitative estimate of drug-likeness (QED) is 0.600. The van der Waals surface area contributed by atoms with E-state index in [2.05, 4.69) is 10.6 Å². The van der Waals surface area contributed by atoms with Gasteiger partial charge in [-0.3, -0.25) is 14.5 Å². The summed E-state index contributed by atoms with van der Waals surface area (Å²) in [5, 5.41) is 6.05. The highest BCUT2D eigenvalue weighted by Gasteiger charge is 2.49. The fraction of sp³-hybridized carbons (Fsp3) is 0.250. The van der Waals surface area contributed by atoms with Gasteiger partial charge in [0.15, 0.2) is 0 Å². The topological polar surface area (TPSA) is 97.0 Å². The van der Waals surface area contributed by atoms with Crippen LogP contribution in [0.5, 0.6) is 11.5 Å². The Morgan fingerprint density at radius 1 is 1.03 bits per heavy atom. The Morgan fingerprint density at radius 2 is 1.71 bits per heavy atom. The molecule has 1 aliphatic rings. The average molecular weight is 487 g/mol. The largest absolute Gasteiger partial charge is 0.495 e. The van der Waals surface area contributed by atoms with E-state index in [1.807, 2.05) is 0 Å². The first-order valence-electron chi connectivity index (χ1n) is 8.91. The number of rotatable bonds is 6. The van der Waals surface area contributed by atoms with Crippen LogP contribution < -0.4 is 20.1 Å². The lowest BCUT2D eigenvalue weighted by atomic mass is 9.92. The Morgan fingerprint density at radius 3 is 2.32 bits per heavy atom. The lowest BCUT2D eigenvalue weighted by Crippen LogP contribution is -2.42. The molecule has 1 aliphatic heterocycles. The number of carbonyl (C=O) groups is 3. The van der Waals surface area contributed by atoms with Crippen LogP contribution in [0.2, 0.25) is 15.1 Å². The van der Waals surface area contributed by atoms with Crippen molar-refractivity contribution in [3.8, 4) is 11.5 Å². The lowest BCUT2D eigenvalue weighted by molar-refractivity contribution is -0.133. The third kappa shape index (κ3) is 4.37. The molecule has 0 bridgehead atoms. The molecule has 0 saturated carbocycles. The second-order valence-electron chi connectivity index (χ2n) is 6.81. The number of methoxy groups -OCH3 is 2. The number of ether oxygens (including phenoxy) is 2. The molecule has 1 unspecified atom stereocenters. The van der Waals surface area contributed by atoms with E-state index in [0.717, 1.165) is 4.90 Å². The summed E-state index contributed by atoms with van der Waals surface area (Å²) < 4.78 is 10.4. The molecule has 164 valence electrons. The number of halogens is 3. The van der Waals surface area contributed by atoms with Crippen LogP contribution in [0.1, 0.15) is 12.5 Å². The Balaban J connectivity index is 1.80. The van der Waals surface area contributed by atoms with Crippen LogP contribution >= 0.6 is 34.8 Å². The highest BCUT2D eigenvalue weighted by atomic mass is 35.5. The summed E-state index contributed by atoms with van der Waals surface area (Å²) in [6.45, 7) is 1.01. The molecule has 0 aliphatic carbocycles. The smallest absolute Gasteiger partial charge is 0.325 e. The molecule has 0 aromatic heterocycles. The van der Waals surface area contributed by atoms with E-state index in [1.54, 1.807) is 6.07 Å². The summed E-state index contributed by atoms with van der Waals surface area (Å²) in [4.78, 5) is 38.9. The average Bonchev–Trinajstić information content (AvgIpc) is 2.94. The van der Waals surface area contributed by atoms with Gasteiger partial charge in [0.25, 0.3) is 5.91 Å². The molecule has 2 aromatic rings. The first kappa shape index (κ1) is 23.0. The monoisotopic (exact) mass is 485 g/mol. The zero-order valence-electron chi connectivity index (χ0n) is 16.7. The zero-order chi connectivity index (χ0) is 22.9. The molecule has 8 nitrogen and oxygen atoms in total. The summed E-state index contributed by atoms with van der Waals surface area (Å²) >= 11 is 18.0. The number of hydrogen-bond donors (Lipinski definition) is 2. The van der Waals surface area contributed by atoms with E-state index < -0.39 is 29.9 Å². The Hall–Kier alpha value is -2.68. The van der Waals surface area contributed by atoms with Gasteiger partial charge in [-0.25, -0.2) is 4.79 Å². The van der Waals surface area contributed by atoms with Crippen molar-refractivity contribution in [2.45, 2.75) is 12.5 Å². The van der Waals surface area contributed by atoms with Crippen LogP contribution in [0.4, 0.5) is 10.5 Å². The van der Waals surface area contributed by atoms with Crippen molar-refractivity contribution >= 4 is 58.3 Å². The maximum atomic E-state index is 13.0. The Labute approximate surface area is 193 Å². The first-order valence-corrected chi connectivity index (χ1v) is 10.0. The number of nitrogens with zero attached hydrogens (tertiary/aromatic N) is 1. The third-order valence-corrected chi connectivity index (χ3v) is 5.86. The molecule has 2 N–H and O–H groups in total. The van der Waals surface area contributed by atoms with Gasteiger partial charge in [-0.1, -0.05) is 40.9 Å². The predicted octanol–water partition coefficient (Wildman–Crippen LogP) is 4.07. The molecular weight excluding hydrogens is 469 g/mol. The standard InChI is InChI=1S/C20H18Cl3N3O5/c1-20(10-4-5-11(21)12(22)6-10)18(28)26(19(29)25-20)9-17(27)24-14-8-15(30-2)13(23)7-16(14)31-3/h4-8H,9H2,1-3H3,(H,24,27)(H,25,29). The number of urea groups is 1. The van der Waals surface area contributed by atoms with Crippen LogP contribution in [-0.2, 0) is 15.1 Å². The maximum Gasteiger partial charge on any atom is 0.325 e. The number of carbonyl (C=O) groups excluding carboxylic acids is 3. The molecule has 4 amide bonds. The van der Waals surface area contributed by atoms with E-state index >= 15 is 0 Å². The summed E-state index contributed by atoms with van der Waals surface area (Å²) in [6, 6.07) is 6.85. The van der Waals surface area contributed by atoms with Crippen LogP contribution in [-0.4, -0.2) is 43.5 Å². The highest BCUT2D eigenvalue weighted by molar-refractivity contribution is 6.42. The molecule has 3 rings (SSSR count). The van der Waals surface area contributed by atoms with Gasteiger partial charge in [-0.15, -0.1) is 0 Å². The van der Waals surface area contributed by atoms with Crippen molar-refractivity contribution in [2.75, 3.05) is 26.1 Å². The molecule has 11 heteroatoms. The minimum atomic E-state index is -1.40. The van der Waals surface area contributed by atoms with Gasteiger partial charge in [-0.2, -0.15) is 0 Å². The summed E-state index contributed by atoms with van der Waals surface area (Å²) in [7, 11) is 2.84. The van der Waals surface area contributed by atoms with Gasteiger partial charge in [0, 0.05) is 12.1 Å². The fourth-order valence-electron chi connectivity index (χ4n) is 3.13. The molecular formula is C20H18Cl3N3O5. The first-order chi connectivity index (χ1) is 14.6. The van der Waals surface area contributed by atoms with Gasteiger partial charge in [0.05, 0.1) is 35.0 Å². The fourth-order valence-corrected chi connectivity index (χ4v) is 3.66. The molecule has 31 heavy (non-hydrogen) atoms. The van der Waals surface area contributed by atoms with Crippen molar-refractivity contribution in [2.24, 2.45) is 0 Å². The highest BCUT2D eigenvalue weighted by Crippen LogP contribution is 2.36. The van der Waals surface area contributed by atoms with Crippen molar-refractivity contribution in [1.82, 2.24) is 10.2 Å². The van der Waals surface area contributed by atoms with Crippen LogP contribution in [0, 0.1) is 0 Å². The zero-order valence-corrected chi connectivity index (χ0v) is 19.0. The number of amides is 4. The predicted molar refractivity (Wildman–Crippen MR) is 117 cm³/mol. The van der Waals surface area contributed by atoms with Crippen LogP contribution in [0.15, 0.2) is 30.3 Å². The van der Waals surface area contributed by atoms with Crippen molar-refractivity contribution < 1.29 is 23.9 Å². The minimum Gasteiger partial charge on any atom is -0.495 e. The van der Waals surface area contributed by atoms with E-state index in [4.69, 9.17) is 44.3 Å². The van der Waals surface area contributed by atoms with Crippen LogP contribution in [0.3, 0.4) is 0 Å². The van der Waals surface area contributed by atoms with Gasteiger partial charge in [-0.05, 0) is 24.6 Å².